The van der Waals surface area contributed by atoms with Crippen molar-refractivity contribution < 1.29 is 0 Å². The van der Waals surface area contributed by atoms with Crippen molar-refractivity contribution in [1.82, 2.24) is 9.80 Å². The summed E-state index contributed by atoms with van der Waals surface area (Å²) < 4.78 is 0. The Kier molecular flexibility index (Phi) is 3.18. The Balaban J connectivity index is 1.85. The fourth-order valence-electron chi connectivity index (χ4n) is 4.66. The largest absolute Gasteiger partial charge is 0.329 e. The van der Waals surface area contributed by atoms with E-state index in [4.69, 9.17) is 5.73 Å². The Bertz CT molecular complexity index is 281. The number of likely N-dealkylation sites (tertiary alicyclic amines) is 1. The van der Waals surface area contributed by atoms with Gasteiger partial charge in [0.05, 0.1) is 5.54 Å². The first-order valence-corrected chi connectivity index (χ1v) is 7.49. The maximum absolute atomic E-state index is 6.25. The van der Waals surface area contributed by atoms with Gasteiger partial charge in [-0.3, -0.25) is 9.80 Å². The summed E-state index contributed by atoms with van der Waals surface area (Å²) in [6, 6.07) is 1.50. The molecule has 3 rings (SSSR count). The highest BCUT2D eigenvalue weighted by Crippen LogP contribution is 2.42. The van der Waals surface area contributed by atoms with Gasteiger partial charge in [0.15, 0.2) is 0 Å². The van der Waals surface area contributed by atoms with E-state index >= 15 is 0 Å². The molecule has 0 aromatic heterocycles. The third-order valence-corrected chi connectivity index (χ3v) is 5.54. The molecular formula is C14H27N3. The van der Waals surface area contributed by atoms with E-state index in [0.717, 1.165) is 18.6 Å². The number of fused-ring (bicyclic) bond motifs is 1. The normalized spacial score (nSPS) is 44.1. The van der Waals surface area contributed by atoms with Gasteiger partial charge in [0, 0.05) is 25.2 Å². The molecule has 3 saturated heterocycles. The first kappa shape index (κ1) is 11.9. The van der Waals surface area contributed by atoms with Crippen LogP contribution in [0.25, 0.3) is 0 Å². The summed E-state index contributed by atoms with van der Waals surface area (Å²) in [4.78, 5) is 5.49. The molecule has 17 heavy (non-hydrogen) atoms. The Labute approximate surface area is 105 Å². The third-order valence-electron chi connectivity index (χ3n) is 5.54. The van der Waals surface area contributed by atoms with E-state index in [1.54, 1.807) is 0 Å². The summed E-state index contributed by atoms with van der Waals surface area (Å²) in [5.74, 6) is 0. The van der Waals surface area contributed by atoms with E-state index in [1.807, 2.05) is 0 Å². The molecule has 0 spiro atoms. The van der Waals surface area contributed by atoms with E-state index in [1.165, 1.54) is 58.2 Å². The molecule has 0 aliphatic carbocycles. The molecule has 3 aliphatic rings. The monoisotopic (exact) mass is 237 g/mol. The molecule has 3 heteroatoms. The zero-order valence-corrected chi connectivity index (χ0v) is 11.2. The molecule has 98 valence electrons. The second kappa shape index (κ2) is 4.52. The van der Waals surface area contributed by atoms with Crippen LogP contribution in [-0.2, 0) is 0 Å². The molecule has 3 atom stereocenters. The van der Waals surface area contributed by atoms with E-state index in [9.17, 15) is 0 Å². The number of hydrogen-bond acceptors (Lipinski definition) is 3. The van der Waals surface area contributed by atoms with Gasteiger partial charge in [-0.15, -0.1) is 0 Å². The van der Waals surface area contributed by atoms with Crippen molar-refractivity contribution in [3.8, 4) is 0 Å². The van der Waals surface area contributed by atoms with Gasteiger partial charge in [-0.25, -0.2) is 0 Å². The summed E-state index contributed by atoms with van der Waals surface area (Å²) in [5, 5.41) is 0. The van der Waals surface area contributed by atoms with Crippen molar-refractivity contribution in [2.24, 2.45) is 5.73 Å². The lowest BCUT2D eigenvalue weighted by Gasteiger charge is -2.49. The standard InChI is InChI=1S/C14H27N3/c1-12-5-2-3-9-17(12)14(11-15)7-10-16-8-4-6-13(14)16/h12-13H,2-11,15H2,1H3. The Hall–Kier alpha value is -0.120. The highest BCUT2D eigenvalue weighted by molar-refractivity contribution is 5.11. The zero-order valence-electron chi connectivity index (χ0n) is 11.2. The smallest absolute Gasteiger partial charge is 0.0501 e. The molecule has 3 aliphatic heterocycles. The highest BCUT2D eigenvalue weighted by atomic mass is 15.3. The number of rotatable bonds is 2. The van der Waals surface area contributed by atoms with Gasteiger partial charge < -0.3 is 5.73 Å². The van der Waals surface area contributed by atoms with Crippen LogP contribution in [0.5, 0.6) is 0 Å². The quantitative estimate of drug-likeness (QED) is 0.788. The predicted molar refractivity (Wildman–Crippen MR) is 71.0 cm³/mol. The molecule has 0 saturated carbocycles. The summed E-state index contributed by atoms with van der Waals surface area (Å²) in [6.07, 6.45) is 8.22. The van der Waals surface area contributed by atoms with Gasteiger partial charge in [0.25, 0.3) is 0 Å². The summed E-state index contributed by atoms with van der Waals surface area (Å²) >= 11 is 0. The minimum absolute atomic E-state index is 0.316. The second-order valence-electron chi connectivity index (χ2n) is 6.29. The van der Waals surface area contributed by atoms with Crippen molar-refractivity contribution in [3.05, 3.63) is 0 Å². The number of piperidine rings is 1. The lowest BCUT2D eigenvalue weighted by atomic mass is 9.83. The lowest BCUT2D eigenvalue weighted by Crippen LogP contribution is -2.63. The summed E-state index contributed by atoms with van der Waals surface area (Å²) in [5.41, 5.74) is 6.57. The summed E-state index contributed by atoms with van der Waals surface area (Å²) in [7, 11) is 0. The highest BCUT2D eigenvalue weighted by Gasteiger charge is 2.52. The van der Waals surface area contributed by atoms with Crippen LogP contribution in [-0.4, -0.2) is 53.6 Å². The van der Waals surface area contributed by atoms with Crippen molar-refractivity contribution in [2.45, 2.75) is 63.1 Å². The topological polar surface area (TPSA) is 32.5 Å². The Morgan fingerprint density at radius 1 is 1.12 bits per heavy atom. The van der Waals surface area contributed by atoms with Crippen molar-refractivity contribution in [1.29, 1.82) is 0 Å². The Morgan fingerprint density at radius 2 is 2.00 bits per heavy atom. The second-order valence-corrected chi connectivity index (χ2v) is 6.29. The number of nitrogens with two attached hydrogens (primary N) is 1. The predicted octanol–water partition coefficient (Wildman–Crippen LogP) is 1.43. The average molecular weight is 237 g/mol. The molecule has 3 unspecified atom stereocenters. The lowest BCUT2D eigenvalue weighted by molar-refractivity contribution is 0.0110. The van der Waals surface area contributed by atoms with Crippen molar-refractivity contribution in [2.75, 3.05) is 26.2 Å². The first-order chi connectivity index (χ1) is 8.28. The van der Waals surface area contributed by atoms with Crippen LogP contribution in [0.15, 0.2) is 0 Å². The van der Waals surface area contributed by atoms with Crippen LogP contribution in [0.1, 0.15) is 45.4 Å². The average Bonchev–Trinajstić information content (AvgIpc) is 2.92. The van der Waals surface area contributed by atoms with E-state index in [0.29, 0.717) is 5.54 Å². The van der Waals surface area contributed by atoms with Crippen LogP contribution >= 0.6 is 0 Å². The maximum atomic E-state index is 6.25. The molecule has 0 aromatic rings. The zero-order chi connectivity index (χ0) is 11.9. The van der Waals surface area contributed by atoms with Crippen molar-refractivity contribution >= 4 is 0 Å². The van der Waals surface area contributed by atoms with Gasteiger partial charge >= 0.3 is 0 Å². The molecule has 3 nitrogen and oxygen atoms in total. The molecule has 3 fully saturated rings. The van der Waals surface area contributed by atoms with Crippen LogP contribution in [0, 0.1) is 0 Å². The fraction of sp³-hybridized carbons (Fsp3) is 1.00. The van der Waals surface area contributed by atoms with Crippen molar-refractivity contribution in [3.63, 3.8) is 0 Å². The van der Waals surface area contributed by atoms with E-state index in [-0.39, 0.29) is 0 Å². The maximum Gasteiger partial charge on any atom is 0.0501 e. The van der Waals surface area contributed by atoms with Crippen LogP contribution in [0.4, 0.5) is 0 Å². The van der Waals surface area contributed by atoms with Gasteiger partial charge in [-0.2, -0.15) is 0 Å². The fourth-order valence-corrected chi connectivity index (χ4v) is 4.66. The minimum atomic E-state index is 0.316. The number of nitrogens with zero attached hydrogens (tertiary/aromatic N) is 2. The minimum Gasteiger partial charge on any atom is -0.329 e. The summed E-state index contributed by atoms with van der Waals surface area (Å²) in [6.45, 7) is 7.15. The van der Waals surface area contributed by atoms with Crippen LogP contribution in [0.2, 0.25) is 0 Å². The number of hydrogen-bond donors (Lipinski definition) is 1. The Morgan fingerprint density at radius 3 is 2.76 bits per heavy atom. The molecule has 0 aromatic carbocycles. The molecule has 0 amide bonds. The van der Waals surface area contributed by atoms with Gasteiger partial charge in [-0.05, 0) is 52.1 Å². The van der Waals surface area contributed by atoms with E-state index < -0.39 is 0 Å². The molecule has 0 radical (unpaired) electrons. The van der Waals surface area contributed by atoms with Gasteiger partial charge in [-0.1, -0.05) is 6.42 Å². The first-order valence-electron chi connectivity index (χ1n) is 7.49. The van der Waals surface area contributed by atoms with Gasteiger partial charge in [0.1, 0.15) is 0 Å². The molecule has 0 bridgehead atoms. The molecule has 3 heterocycles. The van der Waals surface area contributed by atoms with Gasteiger partial charge in [0.2, 0.25) is 0 Å². The molecule has 2 N–H and O–H groups in total. The van der Waals surface area contributed by atoms with E-state index in [2.05, 4.69) is 16.7 Å². The van der Waals surface area contributed by atoms with Crippen LogP contribution in [0.3, 0.4) is 0 Å². The third kappa shape index (κ3) is 1.74. The SMILES string of the molecule is CC1CCCCN1C1(CN)CCN2CCCC21. The molecular weight excluding hydrogens is 210 g/mol. The van der Waals surface area contributed by atoms with Crippen LogP contribution < -0.4 is 5.73 Å².